The van der Waals surface area contributed by atoms with Crippen LogP contribution in [0.4, 0.5) is 0 Å². The Morgan fingerprint density at radius 1 is 1.53 bits per heavy atom. The van der Waals surface area contributed by atoms with Gasteiger partial charge in [0.15, 0.2) is 0 Å². The number of aliphatic carboxylic acids is 1. The molecule has 1 rings (SSSR count). The van der Waals surface area contributed by atoms with Crippen molar-refractivity contribution < 1.29 is 9.90 Å². The van der Waals surface area contributed by atoms with Gasteiger partial charge in [0.1, 0.15) is 6.04 Å². The molecule has 0 fully saturated rings. The van der Waals surface area contributed by atoms with Crippen LogP contribution in [0.15, 0.2) is 43.0 Å². The molecule has 0 aliphatic rings. The minimum Gasteiger partial charge on any atom is -0.480 e. The van der Waals surface area contributed by atoms with E-state index in [-0.39, 0.29) is 0 Å². The van der Waals surface area contributed by atoms with E-state index in [1.54, 1.807) is 0 Å². The zero-order chi connectivity index (χ0) is 11.7. The van der Waals surface area contributed by atoms with Crippen LogP contribution < -0.4 is 5.73 Å². The monoisotopic (exact) mass is 207 g/mol. The molecular weight excluding hydrogens is 190 g/mol. The lowest BCUT2D eigenvalue weighted by Crippen LogP contribution is -2.25. The summed E-state index contributed by atoms with van der Waals surface area (Å²) in [6, 6.07) is 9.57. The number of hydrogen-bond donors (Lipinski definition) is 2. The molecule has 1 unspecified atom stereocenters. The van der Waals surface area contributed by atoms with Gasteiger partial charge in [-0.15, -0.1) is 6.58 Å². The number of rotatable bonds is 3. The number of carbonyl (C=O) groups is 1. The lowest BCUT2D eigenvalue weighted by molar-refractivity contribution is -0.138. The van der Waals surface area contributed by atoms with E-state index in [4.69, 9.17) is 10.8 Å². The van der Waals surface area contributed by atoms with E-state index in [0.29, 0.717) is 0 Å². The fraction of sp³-hybridized carbons (Fsp3) is 0.250. The Kier molecular flexibility index (Phi) is 6.93. The molecule has 0 aliphatic carbocycles. The lowest BCUT2D eigenvalue weighted by Gasteiger charge is -1.91. The first-order chi connectivity index (χ1) is 7.07. The Balaban J connectivity index is 0.000000288. The Hall–Kier alpha value is -1.61. The molecule has 1 aromatic carbocycles. The Morgan fingerprint density at radius 3 is 2.33 bits per heavy atom. The van der Waals surface area contributed by atoms with Crippen molar-refractivity contribution in [2.45, 2.75) is 19.4 Å². The second-order valence-electron chi connectivity index (χ2n) is 3.11. The maximum atomic E-state index is 9.57. The van der Waals surface area contributed by atoms with E-state index < -0.39 is 12.0 Å². The average Bonchev–Trinajstić information content (AvgIpc) is 2.20. The van der Waals surface area contributed by atoms with Crippen molar-refractivity contribution in [1.82, 2.24) is 0 Å². The van der Waals surface area contributed by atoms with Crippen molar-refractivity contribution in [3.63, 3.8) is 0 Å². The first-order valence-electron chi connectivity index (χ1n) is 4.71. The van der Waals surface area contributed by atoms with Gasteiger partial charge in [0.2, 0.25) is 0 Å². The summed E-state index contributed by atoms with van der Waals surface area (Å²) in [6.45, 7) is 5.07. The third-order valence-corrected chi connectivity index (χ3v) is 1.61. The highest BCUT2D eigenvalue weighted by molar-refractivity contribution is 5.72. The molecule has 82 valence electrons. The molecule has 0 aliphatic heterocycles. The number of allylic oxidation sites excluding steroid dienone is 1. The minimum absolute atomic E-state index is 0.731. The van der Waals surface area contributed by atoms with Crippen molar-refractivity contribution in [2.24, 2.45) is 5.73 Å². The summed E-state index contributed by atoms with van der Waals surface area (Å²) in [7, 11) is 0. The smallest absolute Gasteiger partial charge is 0.320 e. The molecule has 1 atom stereocenters. The van der Waals surface area contributed by atoms with Gasteiger partial charge in [0, 0.05) is 0 Å². The SMILES string of the molecule is C=CCc1ccccc1.CC(N)C(=O)O. The topological polar surface area (TPSA) is 63.3 Å². The Bertz CT molecular complexity index is 294. The summed E-state index contributed by atoms with van der Waals surface area (Å²) in [4.78, 5) is 9.57. The second-order valence-corrected chi connectivity index (χ2v) is 3.11. The summed E-state index contributed by atoms with van der Waals surface area (Å²) >= 11 is 0. The zero-order valence-electron chi connectivity index (χ0n) is 8.89. The van der Waals surface area contributed by atoms with Crippen molar-refractivity contribution in [1.29, 1.82) is 0 Å². The summed E-state index contributed by atoms with van der Waals surface area (Å²) in [5, 5.41) is 7.87. The van der Waals surface area contributed by atoms with Crippen molar-refractivity contribution >= 4 is 5.97 Å². The van der Waals surface area contributed by atoms with Crippen molar-refractivity contribution in [3.8, 4) is 0 Å². The van der Waals surface area contributed by atoms with Crippen LogP contribution in [0.1, 0.15) is 12.5 Å². The highest BCUT2D eigenvalue weighted by Crippen LogP contribution is 1.98. The van der Waals surface area contributed by atoms with E-state index in [0.717, 1.165) is 6.42 Å². The van der Waals surface area contributed by atoms with Crippen molar-refractivity contribution in [2.75, 3.05) is 0 Å². The van der Waals surface area contributed by atoms with Crippen LogP contribution in [0.5, 0.6) is 0 Å². The predicted octanol–water partition coefficient (Wildman–Crippen LogP) is 1.83. The van der Waals surface area contributed by atoms with E-state index >= 15 is 0 Å². The maximum absolute atomic E-state index is 9.57. The molecular formula is C12H17NO2. The van der Waals surface area contributed by atoms with Crippen LogP contribution in [0.25, 0.3) is 0 Å². The van der Waals surface area contributed by atoms with Gasteiger partial charge in [-0.05, 0) is 18.9 Å². The van der Waals surface area contributed by atoms with Crippen molar-refractivity contribution in [3.05, 3.63) is 48.6 Å². The first kappa shape index (κ1) is 13.4. The van der Waals surface area contributed by atoms with E-state index in [2.05, 4.69) is 18.7 Å². The van der Waals surface area contributed by atoms with Gasteiger partial charge in [0.05, 0.1) is 0 Å². The van der Waals surface area contributed by atoms with Gasteiger partial charge in [-0.1, -0.05) is 36.4 Å². The van der Waals surface area contributed by atoms with E-state index in [9.17, 15) is 4.79 Å². The fourth-order valence-corrected chi connectivity index (χ4v) is 0.781. The summed E-state index contributed by atoms with van der Waals surface area (Å²) in [6.07, 6.45) is 2.89. The molecule has 3 nitrogen and oxygen atoms in total. The lowest BCUT2D eigenvalue weighted by atomic mass is 10.2. The number of carboxylic acid groups (broad SMARTS) is 1. The van der Waals surface area contributed by atoms with E-state index in [1.165, 1.54) is 12.5 Å². The fourth-order valence-electron chi connectivity index (χ4n) is 0.781. The van der Waals surface area contributed by atoms with E-state index in [1.807, 2.05) is 24.3 Å². The second kappa shape index (κ2) is 7.76. The minimum atomic E-state index is -0.963. The van der Waals surface area contributed by atoms with Crippen LogP contribution in [-0.4, -0.2) is 17.1 Å². The van der Waals surface area contributed by atoms with Crippen LogP contribution in [0.2, 0.25) is 0 Å². The Labute approximate surface area is 90.2 Å². The molecule has 0 amide bonds. The van der Waals surface area contributed by atoms with Gasteiger partial charge in [-0.3, -0.25) is 4.79 Å². The van der Waals surface area contributed by atoms with Crippen LogP contribution in [0.3, 0.4) is 0 Å². The molecule has 0 bridgehead atoms. The van der Waals surface area contributed by atoms with Gasteiger partial charge >= 0.3 is 5.97 Å². The number of nitrogens with two attached hydrogens (primary N) is 1. The molecule has 0 heterocycles. The number of hydrogen-bond acceptors (Lipinski definition) is 2. The summed E-state index contributed by atoms with van der Waals surface area (Å²) in [5.74, 6) is -0.963. The van der Waals surface area contributed by atoms with Gasteiger partial charge < -0.3 is 10.8 Å². The quantitative estimate of drug-likeness (QED) is 0.743. The molecule has 0 radical (unpaired) electrons. The largest absolute Gasteiger partial charge is 0.480 e. The normalized spacial score (nSPS) is 10.8. The molecule has 0 aromatic heterocycles. The average molecular weight is 207 g/mol. The van der Waals surface area contributed by atoms with Crippen LogP contribution in [-0.2, 0) is 11.2 Å². The summed E-state index contributed by atoms with van der Waals surface area (Å²) < 4.78 is 0. The number of carboxylic acids is 1. The Morgan fingerprint density at radius 2 is 2.00 bits per heavy atom. The molecule has 0 saturated heterocycles. The van der Waals surface area contributed by atoms with Crippen LogP contribution in [0, 0.1) is 0 Å². The first-order valence-corrected chi connectivity index (χ1v) is 4.71. The molecule has 3 N–H and O–H groups in total. The van der Waals surface area contributed by atoms with Gasteiger partial charge in [0.25, 0.3) is 0 Å². The number of benzene rings is 1. The third-order valence-electron chi connectivity index (χ3n) is 1.61. The predicted molar refractivity (Wildman–Crippen MR) is 61.6 cm³/mol. The zero-order valence-corrected chi connectivity index (χ0v) is 8.89. The molecule has 0 saturated carbocycles. The standard InChI is InChI=1S/C9H10.C3H7NO2/c1-2-6-9-7-4-3-5-8-9;1-2(4)3(5)6/h2-5,7-8H,1,6H2;2H,4H2,1H3,(H,5,6). The van der Waals surface area contributed by atoms with Gasteiger partial charge in [-0.25, -0.2) is 0 Å². The molecule has 3 heteroatoms. The maximum Gasteiger partial charge on any atom is 0.320 e. The molecule has 0 spiro atoms. The molecule has 1 aromatic rings. The van der Waals surface area contributed by atoms with Gasteiger partial charge in [-0.2, -0.15) is 0 Å². The highest BCUT2D eigenvalue weighted by Gasteiger charge is 1.99. The summed E-state index contributed by atoms with van der Waals surface area (Å²) in [5.41, 5.74) is 6.16. The molecule has 15 heavy (non-hydrogen) atoms. The highest BCUT2D eigenvalue weighted by atomic mass is 16.4. The van der Waals surface area contributed by atoms with Crippen LogP contribution >= 0.6 is 0 Å². The third kappa shape index (κ3) is 7.46.